The van der Waals surface area contributed by atoms with Crippen molar-refractivity contribution in [1.82, 2.24) is 20.4 Å². The third-order valence-corrected chi connectivity index (χ3v) is 5.32. The van der Waals surface area contributed by atoms with Gasteiger partial charge in [-0.3, -0.25) is 9.69 Å². The minimum atomic E-state index is -0.480. The third kappa shape index (κ3) is 4.58. The molecule has 1 saturated heterocycles. The van der Waals surface area contributed by atoms with Gasteiger partial charge in [-0.2, -0.15) is 0 Å². The van der Waals surface area contributed by atoms with Gasteiger partial charge in [-0.05, 0) is 45.2 Å². The van der Waals surface area contributed by atoms with Gasteiger partial charge < -0.3 is 14.8 Å². The van der Waals surface area contributed by atoms with Crippen LogP contribution in [-0.4, -0.2) is 57.4 Å². The van der Waals surface area contributed by atoms with E-state index in [0.717, 1.165) is 32.4 Å². The van der Waals surface area contributed by atoms with Crippen LogP contribution in [0.4, 0.5) is 0 Å². The van der Waals surface area contributed by atoms with Crippen LogP contribution in [0, 0.1) is 0 Å². The van der Waals surface area contributed by atoms with Gasteiger partial charge in [0.15, 0.2) is 0 Å². The fourth-order valence-corrected chi connectivity index (χ4v) is 3.89. The number of carbonyl (C=O) groups is 1. The van der Waals surface area contributed by atoms with E-state index in [4.69, 9.17) is 4.42 Å². The lowest BCUT2D eigenvalue weighted by Gasteiger charge is -2.40. The van der Waals surface area contributed by atoms with Crippen molar-refractivity contribution in [1.29, 1.82) is 0 Å². The van der Waals surface area contributed by atoms with Gasteiger partial charge in [-0.25, -0.2) is 0 Å². The van der Waals surface area contributed by atoms with Crippen molar-refractivity contribution in [3.8, 4) is 0 Å². The van der Waals surface area contributed by atoms with Crippen molar-refractivity contribution in [2.24, 2.45) is 0 Å². The van der Waals surface area contributed by atoms with E-state index in [9.17, 15) is 9.90 Å². The topological polar surface area (TPSA) is 91.5 Å². The van der Waals surface area contributed by atoms with E-state index in [-0.39, 0.29) is 23.9 Å². The number of rotatable bonds is 6. The maximum atomic E-state index is 12.3. The Balaban J connectivity index is 1.47. The minimum Gasteiger partial charge on any atom is -0.425 e. The molecule has 1 aromatic heterocycles. The number of amides is 1. The average Bonchev–Trinajstić information content (AvgIpc) is 3.26. The van der Waals surface area contributed by atoms with E-state index >= 15 is 0 Å². The first-order chi connectivity index (χ1) is 12.0. The van der Waals surface area contributed by atoms with E-state index in [0.29, 0.717) is 24.6 Å². The lowest BCUT2D eigenvalue weighted by atomic mass is 9.87. The molecule has 1 aromatic rings. The Hall–Kier alpha value is -1.47. The normalized spacial score (nSPS) is 27.8. The number of hydrogen-bond acceptors (Lipinski definition) is 6. The molecular formula is C18H30N4O3. The van der Waals surface area contributed by atoms with E-state index in [2.05, 4.69) is 20.4 Å². The van der Waals surface area contributed by atoms with E-state index in [1.165, 1.54) is 12.8 Å². The summed E-state index contributed by atoms with van der Waals surface area (Å²) in [6.45, 7) is 6.12. The smallest absolute Gasteiger partial charge is 0.220 e. The molecule has 7 nitrogen and oxygen atoms in total. The van der Waals surface area contributed by atoms with Crippen molar-refractivity contribution in [2.75, 3.05) is 13.1 Å². The van der Waals surface area contributed by atoms with Crippen LogP contribution in [0.25, 0.3) is 0 Å². The lowest BCUT2D eigenvalue weighted by Crippen LogP contribution is -2.56. The Kier molecular flexibility index (Phi) is 6.06. The summed E-state index contributed by atoms with van der Waals surface area (Å²) >= 11 is 0. The van der Waals surface area contributed by atoms with Gasteiger partial charge in [-0.1, -0.05) is 13.8 Å². The second-order valence-corrected chi connectivity index (χ2v) is 7.59. The summed E-state index contributed by atoms with van der Waals surface area (Å²) in [6, 6.07) is 0.0341. The van der Waals surface area contributed by atoms with Crippen molar-refractivity contribution in [2.45, 2.75) is 82.9 Å². The van der Waals surface area contributed by atoms with Crippen molar-refractivity contribution < 1.29 is 14.3 Å². The Bertz CT molecular complexity index is 568. The summed E-state index contributed by atoms with van der Waals surface area (Å²) in [6.07, 6.45) is 5.59. The highest BCUT2D eigenvalue weighted by molar-refractivity contribution is 5.76. The van der Waals surface area contributed by atoms with Crippen LogP contribution in [0.5, 0.6) is 0 Å². The zero-order chi connectivity index (χ0) is 17.8. The highest BCUT2D eigenvalue weighted by atomic mass is 16.4. The maximum absolute atomic E-state index is 12.3. The van der Waals surface area contributed by atoms with Crippen LogP contribution in [0.1, 0.15) is 70.1 Å². The third-order valence-electron chi connectivity index (χ3n) is 5.32. The molecule has 0 radical (unpaired) electrons. The molecule has 1 amide bonds. The van der Waals surface area contributed by atoms with Crippen LogP contribution >= 0.6 is 0 Å². The molecule has 2 aliphatic rings. The monoisotopic (exact) mass is 350 g/mol. The fourth-order valence-electron chi connectivity index (χ4n) is 3.89. The number of aliphatic hydroxyl groups excluding tert-OH is 1. The number of nitrogens with zero attached hydrogens (tertiary/aromatic N) is 3. The fraction of sp³-hybridized carbons (Fsp3) is 0.833. The summed E-state index contributed by atoms with van der Waals surface area (Å²) in [7, 11) is 0. The summed E-state index contributed by atoms with van der Waals surface area (Å²) in [4.78, 5) is 14.7. The number of aromatic nitrogens is 2. The van der Waals surface area contributed by atoms with Gasteiger partial charge in [0.2, 0.25) is 17.7 Å². The second-order valence-electron chi connectivity index (χ2n) is 7.59. The number of nitrogens with one attached hydrogen (secondary N) is 1. The second kappa shape index (κ2) is 8.27. The number of carbonyl (C=O) groups excluding carboxylic acids is 1. The van der Waals surface area contributed by atoms with Gasteiger partial charge in [0.25, 0.3) is 0 Å². The van der Waals surface area contributed by atoms with Crippen LogP contribution in [0.2, 0.25) is 0 Å². The van der Waals surface area contributed by atoms with Crippen LogP contribution in [0.3, 0.4) is 0 Å². The molecule has 25 heavy (non-hydrogen) atoms. The standard InChI is InChI=1S/C18H30N4O3/c1-12(2)18-21-20-16(25-18)9-8-15(23)19-13-6-5-7-14(17(13)24)22-10-3-4-11-22/h12-14,17,24H,3-11H2,1-2H3,(H,19,23)/t13-,14-,17-/m1/s1. The summed E-state index contributed by atoms with van der Waals surface area (Å²) in [5.74, 6) is 1.23. The molecule has 2 fully saturated rings. The molecule has 0 aromatic carbocycles. The molecule has 2 N–H and O–H groups in total. The number of aryl methyl sites for hydroxylation is 1. The summed E-state index contributed by atoms with van der Waals surface area (Å²) in [5.41, 5.74) is 0. The molecule has 2 heterocycles. The molecule has 1 saturated carbocycles. The summed E-state index contributed by atoms with van der Waals surface area (Å²) in [5, 5.41) is 21.7. The molecule has 3 rings (SSSR count). The zero-order valence-electron chi connectivity index (χ0n) is 15.3. The van der Waals surface area contributed by atoms with Gasteiger partial charge in [0.1, 0.15) is 0 Å². The quantitative estimate of drug-likeness (QED) is 0.810. The van der Waals surface area contributed by atoms with Crippen molar-refractivity contribution in [3.05, 3.63) is 11.8 Å². The predicted octanol–water partition coefficient (Wildman–Crippen LogP) is 1.62. The Labute approximate surface area is 149 Å². The van der Waals surface area contributed by atoms with Gasteiger partial charge in [0, 0.05) is 24.8 Å². The minimum absolute atomic E-state index is 0.0598. The molecule has 0 bridgehead atoms. The van der Waals surface area contributed by atoms with Crippen LogP contribution in [0.15, 0.2) is 4.42 Å². The Morgan fingerprint density at radius 1 is 1.28 bits per heavy atom. The average molecular weight is 350 g/mol. The SMILES string of the molecule is CC(C)c1nnc(CCC(=O)N[C@@H]2CCC[C@@H](N3CCCC3)[C@@H]2O)o1. The lowest BCUT2D eigenvalue weighted by molar-refractivity contribution is -0.123. The molecule has 140 valence electrons. The first-order valence-electron chi connectivity index (χ1n) is 9.58. The van der Waals surface area contributed by atoms with Crippen LogP contribution < -0.4 is 5.32 Å². The Morgan fingerprint density at radius 2 is 2.04 bits per heavy atom. The first-order valence-corrected chi connectivity index (χ1v) is 9.58. The zero-order valence-corrected chi connectivity index (χ0v) is 15.3. The molecular weight excluding hydrogens is 320 g/mol. The first kappa shape index (κ1) is 18.3. The molecule has 3 atom stereocenters. The van der Waals surface area contributed by atoms with E-state index < -0.39 is 6.10 Å². The molecule has 0 spiro atoms. The molecule has 7 heteroatoms. The van der Waals surface area contributed by atoms with Gasteiger partial charge in [0.05, 0.1) is 12.1 Å². The number of likely N-dealkylation sites (tertiary alicyclic amines) is 1. The largest absolute Gasteiger partial charge is 0.425 e. The highest BCUT2D eigenvalue weighted by Crippen LogP contribution is 2.26. The van der Waals surface area contributed by atoms with E-state index in [1.54, 1.807) is 0 Å². The van der Waals surface area contributed by atoms with Crippen molar-refractivity contribution in [3.63, 3.8) is 0 Å². The van der Waals surface area contributed by atoms with E-state index in [1.807, 2.05) is 13.8 Å². The molecule has 0 unspecified atom stereocenters. The molecule has 1 aliphatic carbocycles. The highest BCUT2D eigenvalue weighted by Gasteiger charge is 2.36. The molecule has 1 aliphatic heterocycles. The maximum Gasteiger partial charge on any atom is 0.220 e. The number of aliphatic hydroxyl groups is 1. The van der Waals surface area contributed by atoms with Gasteiger partial charge >= 0.3 is 0 Å². The van der Waals surface area contributed by atoms with Gasteiger partial charge in [-0.15, -0.1) is 10.2 Å². The number of hydrogen-bond donors (Lipinski definition) is 2. The predicted molar refractivity (Wildman–Crippen MR) is 93.1 cm³/mol. The van der Waals surface area contributed by atoms with Crippen LogP contribution in [-0.2, 0) is 11.2 Å². The Morgan fingerprint density at radius 3 is 2.72 bits per heavy atom. The van der Waals surface area contributed by atoms with Crippen molar-refractivity contribution >= 4 is 5.91 Å². The summed E-state index contributed by atoms with van der Waals surface area (Å²) < 4.78 is 5.53.